The smallest absolute Gasteiger partial charge is 0.274 e. The van der Waals surface area contributed by atoms with Gasteiger partial charge < -0.3 is 15.2 Å². The molecule has 0 atom stereocenters. The SMILES string of the molecule is O=C(c1c[nH]c(=O)cn1)N1CCN(C2CNC2)CC1. The monoisotopic (exact) mass is 263 g/mol. The van der Waals surface area contributed by atoms with E-state index in [1.165, 1.54) is 6.20 Å². The molecule has 2 aliphatic rings. The number of nitrogens with one attached hydrogen (secondary N) is 2. The van der Waals surface area contributed by atoms with Crippen molar-refractivity contribution in [3.8, 4) is 0 Å². The Balaban J connectivity index is 1.59. The Kier molecular flexibility index (Phi) is 3.31. The lowest BCUT2D eigenvalue weighted by Gasteiger charge is -2.43. The molecule has 2 fully saturated rings. The minimum Gasteiger partial charge on any atom is -0.335 e. The van der Waals surface area contributed by atoms with Gasteiger partial charge in [0, 0.05) is 51.5 Å². The van der Waals surface area contributed by atoms with Gasteiger partial charge in [0.1, 0.15) is 5.69 Å². The number of aromatic nitrogens is 2. The highest BCUT2D eigenvalue weighted by molar-refractivity contribution is 5.92. The van der Waals surface area contributed by atoms with Crippen LogP contribution in [0.15, 0.2) is 17.2 Å². The number of carbonyl (C=O) groups is 1. The van der Waals surface area contributed by atoms with Gasteiger partial charge in [0.15, 0.2) is 0 Å². The fourth-order valence-corrected chi connectivity index (χ4v) is 2.44. The minimum absolute atomic E-state index is 0.109. The zero-order chi connectivity index (χ0) is 13.2. The number of hydrogen-bond acceptors (Lipinski definition) is 5. The lowest BCUT2D eigenvalue weighted by atomic mass is 10.1. The maximum Gasteiger partial charge on any atom is 0.274 e. The average Bonchev–Trinajstić information content (AvgIpc) is 2.38. The molecule has 2 aliphatic heterocycles. The number of carbonyl (C=O) groups excluding carboxylic acids is 1. The van der Waals surface area contributed by atoms with E-state index in [0.717, 1.165) is 45.5 Å². The lowest BCUT2D eigenvalue weighted by Crippen LogP contribution is -2.62. The van der Waals surface area contributed by atoms with E-state index in [9.17, 15) is 9.59 Å². The topological polar surface area (TPSA) is 81.3 Å². The van der Waals surface area contributed by atoms with E-state index >= 15 is 0 Å². The third kappa shape index (κ3) is 2.52. The Morgan fingerprint density at radius 1 is 1.26 bits per heavy atom. The van der Waals surface area contributed by atoms with Crippen molar-refractivity contribution in [3.63, 3.8) is 0 Å². The third-order valence-corrected chi connectivity index (χ3v) is 3.77. The zero-order valence-corrected chi connectivity index (χ0v) is 10.6. The van der Waals surface area contributed by atoms with E-state index in [1.807, 2.05) is 0 Å². The highest BCUT2D eigenvalue weighted by atomic mass is 16.2. The molecule has 0 aromatic carbocycles. The van der Waals surface area contributed by atoms with Crippen molar-refractivity contribution in [2.24, 2.45) is 0 Å². The molecule has 0 bridgehead atoms. The molecule has 2 saturated heterocycles. The van der Waals surface area contributed by atoms with Crippen molar-refractivity contribution in [2.45, 2.75) is 6.04 Å². The minimum atomic E-state index is -0.293. The molecule has 1 aromatic rings. The Morgan fingerprint density at radius 2 is 2.00 bits per heavy atom. The normalized spacial score (nSPS) is 21.2. The van der Waals surface area contributed by atoms with Gasteiger partial charge in [0.25, 0.3) is 11.5 Å². The van der Waals surface area contributed by atoms with E-state index in [4.69, 9.17) is 0 Å². The Morgan fingerprint density at radius 3 is 2.53 bits per heavy atom. The first-order valence-electron chi connectivity index (χ1n) is 6.53. The van der Waals surface area contributed by atoms with Gasteiger partial charge in [-0.1, -0.05) is 0 Å². The van der Waals surface area contributed by atoms with Crippen LogP contribution in [0.5, 0.6) is 0 Å². The van der Waals surface area contributed by atoms with Crippen LogP contribution in [0.1, 0.15) is 10.5 Å². The van der Waals surface area contributed by atoms with E-state index in [-0.39, 0.29) is 11.5 Å². The molecule has 7 heteroatoms. The molecule has 2 N–H and O–H groups in total. The second kappa shape index (κ2) is 5.10. The summed E-state index contributed by atoms with van der Waals surface area (Å²) in [5.74, 6) is -0.109. The van der Waals surface area contributed by atoms with Gasteiger partial charge in [-0.2, -0.15) is 0 Å². The predicted octanol–water partition coefficient (Wildman–Crippen LogP) is -1.50. The number of piperazine rings is 1. The summed E-state index contributed by atoms with van der Waals surface area (Å²) in [6, 6.07) is 0.628. The molecular formula is C12H17N5O2. The van der Waals surface area contributed by atoms with Crippen LogP contribution >= 0.6 is 0 Å². The number of H-pyrrole nitrogens is 1. The fraction of sp³-hybridized carbons (Fsp3) is 0.583. The standard InChI is InChI=1S/C12H17N5O2/c18-11-8-14-10(7-15-11)12(19)17-3-1-16(2-4-17)9-5-13-6-9/h7-9,13H,1-6H2,(H,15,18). The molecule has 0 aliphatic carbocycles. The number of amides is 1. The summed E-state index contributed by atoms with van der Waals surface area (Å²) in [6.07, 6.45) is 2.52. The lowest BCUT2D eigenvalue weighted by molar-refractivity contribution is 0.0497. The van der Waals surface area contributed by atoms with Gasteiger partial charge in [-0.15, -0.1) is 0 Å². The van der Waals surface area contributed by atoms with Crippen LogP contribution < -0.4 is 10.9 Å². The van der Waals surface area contributed by atoms with Crippen molar-refractivity contribution in [1.29, 1.82) is 0 Å². The second-order valence-corrected chi connectivity index (χ2v) is 4.94. The molecule has 3 heterocycles. The molecule has 102 valence electrons. The first-order valence-corrected chi connectivity index (χ1v) is 6.53. The molecule has 1 amide bonds. The molecule has 0 unspecified atom stereocenters. The summed E-state index contributed by atoms with van der Waals surface area (Å²) >= 11 is 0. The fourth-order valence-electron chi connectivity index (χ4n) is 2.44. The van der Waals surface area contributed by atoms with Crippen molar-refractivity contribution < 1.29 is 4.79 Å². The van der Waals surface area contributed by atoms with Crippen molar-refractivity contribution >= 4 is 5.91 Å². The highest BCUT2D eigenvalue weighted by Crippen LogP contribution is 2.11. The van der Waals surface area contributed by atoms with Crippen LogP contribution in [0.3, 0.4) is 0 Å². The molecule has 0 radical (unpaired) electrons. The van der Waals surface area contributed by atoms with Gasteiger partial charge in [-0.3, -0.25) is 14.5 Å². The maximum atomic E-state index is 12.2. The van der Waals surface area contributed by atoms with Crippen LogP contribution in [-0.2, 0) is 0 Å². The Bertz CT molecular complexity index is 497. The molecule has 3 rings (SSSR count). The summed E-state index contributed by atoms with van der Waals surface area (Å²) < 4.78 is 0. The molecular weight excluding hydrogens is 246 g/mol. The Hall–Kier alpha value is -1.73. The first-order chi connectivity index (χ1) is 9.24. The molecule has 0 spiro atoms. The summed E-state index contributed by atoms with van der Waals surface area (Å²) in [5, 5.41) is 3.26. The summed E-state index contributed by atoms with van der Waals surface area (Å²) in [5.41, 5.74) is 0.0113. The molecule has 19 heavy (non-hydrogen) atoms. The number of hydrogen-bond donors (Lipinski definition) is 2. The number of aromatic amines is 1. The maximum absolute atomic E-state index is 12.2. The number of nitrogens with zero attached hydrogens (tertiary/aromatic N) is 3. The first kappa shape index (κ1) is 12.3. The van der Waals surface area contributed by atoms with Gasteiger partial charge in [0.2, 0.25) is 0 Å². The van der Waals surface area contributed by atoms with Gasteiger partial charge >= 0.3 is 0 Å². The van der Waals surface area contributed by atoms with Gasteiger partial charge in [-0.05, 0) is 0 Å². The Labute approximate surface area is 110 Å². The highest BCUT2D eigenvalue weighted by Gasteiger charge is 2.29. The van der Waals surface area contributed by atoms with E-state index in [2.05, 4.69) is 20.2 Å². The van der Waals surface area contributed by atoms with Crippen LogP contribution in [-0.4, -0.2) is 71.0 Å². The van der Waals surface area contributed by atoms with Crippen molar-refractivity contribution in [3.05, 3.63) is 28.4 Å². The second-order valence-electron chi connectivity index (χ2n) is 4.94. The van der Waals surface area contributed by atoms with Gasteiger partial charge in [0.05, 0.1) is 6.20 Å². The van der Waals surface area contributed by atoms with Crippen molar-refractivity contribution in [1.82, 2.24) is 25.1 Å². The third-order valence-electron chi connectivity index (χ3n) is 3.77. The summed E-state index contributed by atoms with van der Waals surface area (Å²) in [6.45, 7) is 5.35. The number of rotatable bonds is 2. The van der Waals surface area contributed by atoms with Crippen LogP contribution in [0.25, 0.3) is 0 Å². The molecule has 7 nitrogen and oxygen atoms in total. The van der Waals surface area contributed by atoms with E-state index in [0.29, 0.717) is 11.7 Å². The zero-order valence-electron chi connectivity index (χ0n) is 10.6. The van der Waals surface area contributed by atoms with Crippen LogP contribution in [0.2, 0.25) is 0 Å². The average molecular weight is 263 g/mol. The predicted molar refractivity (Wildman–Crippen MR) is 69.0 cm³/mol. The largest absolute Gasteiger partial charge is 0.335 e. The summed E-state index contributed by atoms with van der Waals surface area (Å²) in [4.78, 5) is 33.7. The van der Waals surface area contributed by atoms with Gasteiger partial charge in [-0.25, -0.2) is 4.98 Å². The molecule has 0 saturated carbocycles. The molecule has 1 aromatic heterocycles. The van der Waals surface area contributed by atoms with Crippen LogP contribution in [0.4, 0.5) is 0 Å². The van der Waals surface area contributed by atoms with Crippen LogP contribution in [0, 0.1) is 0 Å². The van der Waals surface area contributed by atoms with Crippen molar-refractivity contribution in [2.75, 3.05) is 39.3 Å². The quantitative estimate of drug-likeness (QED) is 0.678. The summed E-state index contributed by atoms with van der Waals surface area (Å²) in [7, 11) is 0. The van der Waals surface area contributed by atoms with E-state index < -0.39 is 0 Å². The van der Waals surface area contributed by atoms with E-state index in [1.54, 1.807) is 4.90 Å².